The van der Waals surface area contributed by atoms with Crippen LogP contribution in [0.2, 0.25) is 0 Å². The molecule has 3 heterocycles. The van der Waals surface area contributed by atoms with Gasteiger partial charge in [0.25, 0.3) is 11.8 Å². The average Bonchev–Trinajstić information content (AvgIpc) is 2.89. The summed E-state index contributed by atoms with van der Waals surface area (Å²) < 4.78 is 38.4. The third-order valence-corrected chi connectivity index (χ3v) is 5.58. The Morgan fingerprint density at radius 2 is 2.03 bits per heavy atom. The lowest BCUT2D eigenvalue weighted by atomic mass is 9.99. The lowest BCUT2D eigenvalue weighted by Gasteiger charge is -2.28. The molecule has 37 heavy (non-hydrogen) atoms. The van der Waals surface area contributed by atoms with E-state index in [4.69, 9.17) is 9.47 Å². The number of hydrogen-bond donors (Lipinski definition) is 2. The van der Waals surface area contributed by atoms with Crippen molar-refractivity contribution in [2.75, 3.05) is 44.4 Å². The molecule has 0 aliphatic carbocycles. The summed E-state index contributed by atoms with van der Waals surface area (Å²) in [4.78, 5) is 23.2. The summed E-state index contributed by atoms with van der Waals surface area (Å²) in [5.41, 5.74) is 2.22. The first-order valence-corrected chi connectivity index (χ1v) is 11.9. The number of aromatic nitrogens is 2. The Hall–Kier alpha value is -3.63. The van der Waals surface area contributed by atoms with Gasteiger partial charge in [0.2, 0.25) is 5.88 Å². The Morgan fingerprint density at radius 3 is 2.65 bits per heavy atom. The van der Waals surface area contributed by atoms with Gasteiger partial charge in [-0.3, -0.25) is 9.78 Å². The number of ether oxygens (including phenoxy) is 2. The number of rotatable bonds is 10. The predicted molar refractivity (Wildman–Crippen MR) is 138 cm³/mol. The van der Waals surface area contributed by atoms with E-state index >= 15 is 0 Å². The van der Waals surface area contributed by atoms with Gasteiger partial charge < -0.3 is 24.8 Å². The highest BCUT2D eigenvalue weighted by molar-refractivity contribution is 5.96. The molecule has 198 valence electrons. The minimum Gasteiger partial charge on any atom is -0.475 e. The molecule has 1 aliphatic heterocycles. The number of pyridine rings is 2. The van der Waals surface area contributed by atoms with E-state index in [2.05, 4.69) is 26.8 Å². The van der Waals surface area contributed by atoms with Crippen LogP contribution in [-0.4, -0.2) is 60.5 Å². The third-order valence-electron chi connectivity index (χ3n) is 5.58. The largest absolute Gasteiger partial charge is 0.475 e. The molecule has 1 amide bonds. The molecule has 8 nitrogen and oxygen atoms in total. The molecule has 2 aromatic heterocycles. The van der Waals surface area contributed by atoms with Crippen LogP contribution >= 0.6 is 0 Å². The van der Waals surface area contributed by atoms with Crippen molar-refractivity contribution in [3.05, 3.63) is 77.3 Å². The van der Waals surface area contributed by atoms with Gasteiger partial charge in [-0.2, -0.15) is 13.8 Å². The highest BCUT2D eigenvalue weighted by atomic mass is 19.3. The van der Waals surface area contributed by atoms with Crippen molar-refractivity contribution in [2.24, 2.45) is 0 Å². The predicted octanol–water partition coefficient (Wildman–Crippen LogP) is 4.09. The van der Waals surface area contributed by atoms with Gasteiger partial charge >= 0.3 is 0 Å². The number of nitrogens with zero attached hydrogens (tertiary/aromatic N) is 3. The molecule has 2 aromatic rings. The van der Waals surface area contributed by atoms with Crippen LogP contribution in [0, 0.1) is 0 Å². The molecule has 0 saturated carbocycles. The fourth-order valence-electron chi connectivity index (χ4n) is 3.64. The lowest BCUT2D eigenvalue weighted by molar-refractivity contribution is 0.0127. The van der Waals surface area contributed by atoms with Crippen LogP contribution in [0.1, 0.15) is 42.4 Å². The smallest absolute Gasteiger partial charge is 0.286 e. The second kappa shape index (κ2) is 12.6. The molecule has 2 N–H and O–H groups in total. The molecule has 1 saturated heterocycles. The molecule has 0 bridgehead atoms. The molecular formula is C27H32F2N4O4. The standard InChI is InChI=1S/C27H32F2N4O4/c1-5-21(31-26(35)19-6-7-30-23(14-19)27(4,28)29)17-22(18(2)3)20-15-24(33-8-11-36-12-9-33)32-25(16-20)37-13-10-34/h5-7,14-17,34H,2,8-13H2,1,3-4H3,(H,31,35)/b21-5+,22-17+. The second-order valence-electron chi connectivity index (χ2n) is 8.58. The number of hydrogen-bond acceptors (Lipinski definition) is 7. The first-order valence-electron chi connectivity index (χ1n) is 11.9. The summed E-state index contributed by atoms with van der Waals surface area (Å²) in [7, 11) is 0. The zero-order chi connectivity index (χ0) is 27.0. The third kappa shape index (κ3) is 7.68. The number of nitrogens with one attached hydrogen (secondary N) is 1. The number of halogens is 2. The van der Waals surface area contributed by atoms with Crippen LogP contribution in [0.5, 0.6) is 5.88 Å². The van der Waals surface area contributed by atoms with Crippen LogP contribution in [0.25, 0.3) is 5.57 Å². The Balaban J connectivity index is 1.94. The first kappa shape index (κ1) is 27.9. The van der Waals surface area contributed by atoms with Crippen molar-refractivity contribution >= 4 is 17.3 Å². The lowest BCUT2D eigenvalue weighted by Crippen LogP contribution is -2.36. The average molecular weight is 515 g/mol. The van der Waals surface area contributed by atoms with Gasteiger partial charge in [0.15, 0.2) is 0 Å². The maximum absolute atomic E-state index is 13.7. The van der Waals surface area contributed by atoms with Crippen molar-refractivity contribution in [2.45, 2.75) is 26.7 Å². The summed E-state index contributed by atoms with van der Waals surface area (Å²) in [6, 6.07) is 6.11. The highest BCUT2D eigenvalue weighted by Gasteiger charge is 2.27. The van der Waals surface area contributed by atoms with E-state index in [1.807, 2.05) is 13.0 Å². The number of aliphatic hydroxyl groups excluding tert-OH is 1. The SMILES string of the molecule is C=C(C)/C(=C\C(=C/C)NC(=O)c1ccnc(C(C)(F)F)c1)c1cc(OCCO)nc(N2CCOCC2)c1. The van der Waals surface area contributed by atoms with Gasteiger partial charge in [0.05, 0.1) is 19.8 Å². The Kier molecular flexibility index (Phi) is 9.48. The number of aliphatic hydroxyl groups is 1. The normalized spacial score (nSPS) is 14.9. The molecule has 1 aliphatic rings. The van der Waals surface area contributed by atoms with Crippen molar-refractivity contribution in [3.63, 3.8) is 0 Å². The Bertz CT molecular complexity index is 1190. The van der Waals surface area contributed by atoms with Crippen LogP contribution in [-0.2, 0) is 10.7 Å². The van der Waals surface area contributed by atoms with Crippen molar-refractivity contribution in [1.29, 1.82) is 0 Å². The number of carbonyl (C=O) groups excluding carboxylic acids is 1. The van der Waals surface area contributed by atoms with E-state index in [9.17, 15) is 18.7 Å². The molecule has 3 rings (SSSR count). The van der Waals surface area contributed by atoms with Gasteiger partial charge in [-0.15, -0.1) is 0 Å². The first-order chi connectivity index (χ1) is 17.6. The summed E-state index contributed by atoms with van der Waals surface area (Å²) in [6.07, 6.45) is 4.64. The maximum atomic E-state index is 13.7. The van der Waals surface area contributed by atoms with Crippen molar-refractivity contribution in [1.82, 2.24) is 15.3 Å². The summed E-state index contributed by atoms with van der Waals surface area (Å²) in [5, 5.41) is 12.0. The van der Waals surface area contributed by atoms with Crippen LogP contribution < -0.4 is 15.0 Å². The van der Waals surface area contributed by atoms with E-state index in [0.717, 1.165) is 29.7 Å². The number of morpholine rings is 1. The van der Waals surface area contributed by atoms with Gasteiger partial charge in [-0.05, 0) is 49.3 Å². The molecule has 10 heteroatoms. The number of amides is 1. The topological polar surface area (TPSA) is 96.8 Å². The highest BCUT2D eigenvalue weighted by Crippen LogP contribution is 2.30. The number of anilines is 1. The Labute approximate surface area is 215 Å². The summed E-state index contributed by atoms with van der Waals surface area (Å²) in [5.74, 6) is -2.68. The fraction of sp³-hybridized carbons (Fsp3) is 0.370. The van der Waals surface area contributed by atoms with Crippen LogP contribution in [0.15, 0.2) is 60.5 Å². The minimum atomic E-state index is -3.16. The van der Waals surface area contributed by atoms with E-state index < -0.39 is 17.5 Å². The van der Waals surface area contributed by atoms with Crippen molar-refractivity contribution in [3.8, 4) is 5.88 Å². The molecular weight excluding hydrogens is 482 g/mol. The van der Waals surface area contributed by atoms with Gasteiger partial charge in [0, 0.05) is 43.5 Å². The monoisotopic (exact) mass is 514 g/mol. The second-order valence-corrected chi connectivity index (χ2v) is 8.58. The molecule has 0 atom stereocenters. The minimum absolute atomic E-state index is 0.0642. The zero-order valence-corrected chi connectivity index (χ0v) is 21.3. The quantitative estimate of drug-likeness (QED) is 0.461. The molecule has 0 aromatic carbocycles. The maximum Gasteiger partial charge on any atom is 0.286 e. The number of allylic oxidation sites excluding steroid dienone is 4. The van der Waals surface area contributed by atoms with Crippen LogP contribution in [0.3, 0.4) is 0 Å². The summed E-state index contributed by atoms with van der Waals surface area (Å²) in [6.45, 7) is 10.8. The van der Waals surface area contributed by atoms with E-state index in [0.29, 0.717) is 43.7 Å². The van der Waals surface area contributed by atoms with Crippen molar-refractivity contribution < 1.29 is 28.2 Å². The molecule has 1 fully saturated rings. The number of carbonyl (C=O) groups is 1. The fourth-order valence-corrected chi connectivity index (χ4v) is 3.64. The van der Waals surface area contributed by atoms with Gasteiger partial charge in [0.1, 0.15) is 18.1 Å². The van der Waals surface area contributed by atoms with Gasteiger partial charge in [-0.25, -0.2) is 0 Å². The van der Waals surface area contributed by atoms with Crippen LogP contribution in [0.4, 0.5) is 14.6 Å². The summed E-state index contributed by atoms with van der Waals surface area (Å²) >= 11 is 0. The Morgan fingerprint density at radius 1 is 1.30 bits per heavy atom. The van der Waals surface area contributed by atoms with E-state index in [-0.39, 0.29) is 18.8 Å². The number of alkyl halides is 2. The molecule has 0 radical (unpaired) electrons. The van der Waals surface area contributed by atoms with E-state index in [1.165, 1.54) is 12.3 Å². The van der Waals surface area contributed by atoms with E-state index in [1.54, 1.807) is 25.1 Å². The molecule has 0 spiro atoms. The zero-order valence-electron chi connectivity index (χ0n) is 21.3. The molecule has 0 unspecified atom stereocenters. The van der Waals surface area contributed by atoms with Gasteiger partial charge in [-0.1, -0.05) is 18.2 Å².